The van der Waals surface area contributed by atoms with Gasteiger partial charge in [-0.25, -0.2) is 0 Å². The van der Waals surface area contributed by atoms with Crippen LogP contribution in [0, 0.1) is 0 Å². The normalized spacial score (nSPS) is 16.5. The van der Waals surface area contributed by atoms with Crippen molar-refractivity contribution in [2.45, 2.75) is 69.6 Å². The number of alkyl halides is 2. The predicted molar refractivity (Wildman–Crippen MR) is 76.2 cm³/mol. The minimum Gasteiger partial charge on any atom is -0.388 e. The molecule has 0 amide bonds. The van der Waals surface area contributed by atoms with Gasteiger partial charge in [0.15, 0.2) is 0 Å². The van der Waals surface area contributed by atoms with Gasteiger partial charge in [-0.05, 0) is 25.7 Å². The average molecular weight is 301 g/mol. The first-order valence-corrected chi connectivity index (χ1v) is 7.66. The number of aliphatic hydroxyl groups excluding tert-OH is 1. The zero-order chi connectivity index (χ0) is 13.8. The summed E-state index contributed by atoms with van der Waals surface area (Å²) in [7, 11) is 0. The van der Waals surface area contributed by atoms with Crippen LogP contribution < -0.4 is 0 Å². The van der Waals surface area contributed by atoms with E-state index in [9.17, 15) is 5.11 Å². The molecule has 0 radical (unpaired) electrons. The van der Waals surface area contributed by atoms with Crippen LogP contribution in [0.2, 0.25) is 0 Å². The van der Waals surface area contributed by atoms with Crippen molar-refractivity contribution in [1.82, 2.24) is 0 Å². The summed E-state index contributed by atoms with van der Waals surface area (Å²) in [5.41, 5.74) is -0.655. The van der Waals surface area contributed by atoms with E-state index >= 15 is 0 Å². The summed E-state index contributed by atoms with van der Waals surface area (Å²) in [6.07, 6.45) is 5.17. The van der Waals surface area contributed by atoms with Gasteiger partial charge in [0.1, 0.15) is 17.2 Å². The molecule has 0 aromatic heterocycles. The van der Waals surface area contributed by atoms with Crippen molar-refractivity contribution >= 4 is 23.2 Å². The highest BCUT2D eigenvalue weighted by Gasteiger charge is 2.12. The lowest BCUT2D eigenvalue weighted by atomic mass is 10.2. The Morgan fingerprint density at radius 3 is 1.61 bits per heavy atom. The minimum atomic E-state index is -0.671. The SMILES string of the molecule is CCCCC(Cl)OCC(O)COC(Cl)CCCC. The minimum absolute atomic E-state index is 0.190. The van der Waals surface area contributed by atoms with Crippen LogP contribution in [0.5, 0.6) is 0 Å². The third-order valence-electron chi connectivity index (χ3n) is 2.51. The van der Waals surface area contributed by atoms with Gasteiger partial charge in [-0.1, -0.05) is 49.9 Å². The molecule has 0 saturated carbocycles. The summed E-state index contributed by atoms with van der Waals surface area (Å²) < 4.78 is 10.6. The summed E-state index contributed by atoms with van der Waals surface area (Å²) in [5, 5.41) is 9.63. The molecule has 0 heterocycles. The summed E-state index contributed by atoms with van der Waals surface area (Å²) in [4.78, 5) is 0. The van der Waals surface area contributed by atoms with Crippen molar-refractivity contribution in [3.63, 3.8) is 0 Å². The van der Waals surface area contributed by atoms with Gasteiger partial charge in [-0.15, -0.1) is 0 Å². The van der Waals surface area contributed by atoms with Gasteiger partial charge in [-0.2, -0.15) is 0 Å². The molecule has 18 heavy (non-hydrogen) atoms. The number of hydrogen-bond donors (Lipinski definition) is 1. The van der Waals surface area contributed by atoms with Crippen molar-refractivity contribution in [3.8, 4) is 0 Å². The molecule has 0 aliphatic rings. The van der Waals surface area contributed by atoms with Crippen molar-refractivity contribution in [2.75, 3.05) is 13.2 Å². The topological polar surface area (TPSA) is 38.7 Å². The first-order chi connectivity index (χ1) is 8.60. The van der Waals surface area contributed by atoms with Gasteiger partial charge in [0.2, 0.25) is 0 Å². The van der Waals surface area contributed by atoms with Crippen molar-refractivity contribution in [3.05, 3.63) is 0 Å². The van der Waals surface area contributed by atoms with Crippen LogP contribution in [-0.2, 0) is 9.47 Å². The first kappa shape index (κ1) is 18.5. The molecule has 110 valence electrons. The quantitative estimate of drug-likeness (QED) is 0.556. The molecule has 0 rings (SSSR count). The van der Waals surface area contributed by atoms with Gasteiger partial charge in [-0.3, -0.25) is 0 Å². The summed E-state index contributed by atoms with van der Waals surface area (Å²) >= 11 is 11.9. The number of rotatable bonds is 12. The molecule has 0 aliphatic heterocycles. The van der Waals surface area contributed by atoms with E-state index in [1.165, 1.54) is 0 Å². The second-order valence-corrected chi connectivity index (χ2v) is 5.40. The van der Waals surface area contributed by atoms with Crippen LogP contribution in [-0.4, -0.2) is 35.6 Å². The van der Waals surface area contributed by atoms with E-state index in [0.717, 1.165) is 38.5 Å². The van der Waals surface area contributed by atoms with Crippen molar-refractivity contribution < 1.29 is 14.6 Å². The van der Waals surface area contributed by atoms with Crippen LogP contribution in [0.1, 0.15) is 52.4 Å². The molecule has 2 atom stereocenters. The highest BCUT2D eigenvalue weighted by molar-refractivity contribution is 6.19. The molecule has 0 spiro atoms. The van der Waals surface area contributed by atoms with E-state index < -0.39 is 6.10 Å². The maximum Gasteiger partial charge on any atom is 0.131 e. The van der Waals surface area contributed by atoms with Crippen LogP contribution in [0.15, 0.2) is 0 Å². The smallest absolute Gasteiger partial charge is 0.131 e. The van der Waals surface area contributed by atoms with E-state index in [0.29, 0.717) is 0 Å². The van der Waals surface area contributed by atoms with Gasteiger partial charge in [0.25, 0.3) is 0 Å². The van der Waals surface area contributed by atoms with Gasteiger partial charge >= 0.3 is 0 Å². The van der Waals surface area contributed by atoms with E-state index in [1.54, 1.807) is 0 Å². The summed E-state index contributed by atoms with van der Waals surface area (Å²) in [6, 6.07) is 0. The second kappa shape index (κ2) is 12.5. The van der Waals surface area contributed by atoms with Crippen LogP contribution >= 0.6 is 23.2 Å². The Kier molecular flexibility index (Phi) is 12.8. The predicted octanol–water partition coefficient (Wildman–Crippen LogP) is 3.89. The Labute approximate surface area is 121 Å². The van der Waals surface area contributed by atoms with Gasteiger partial charge in [0.05, 0.1) is 13.2 Å². The third-order valence-corrected chi connectivity index (χ3v) is 3.20. The number of aliphatic hydroxyl groups is 1. The van der Waals surface area contributed by atoms with E-state index in [2.05, 4.69) is 13.8 Å². The fraction of sp³-hybridized carbons (Fsp3) is 1.00. The lowest BCUT2D eigenvalue weighted by Gasteiger charge is -2.17. The lowest BCUT2D eigenvalue weighted by molar-refractivity contribution is -0.0357. The standard InChI is InChI=1S/C13H26Cl2O3/c1-3-5-7-12(14)17-9-11(16)10-18-13(15)8-6-4-2/h11-13,16H,3-10H2,1-2H3. The Morgan fingerprint density at radius 1 is 0.889 bits per heavy atom. The molecule has 0 aliphatic carbocycles. The first-order valence-electron chi connectivity index (χ1n) is 6.79. The molecule has 1 N–H and O–H groups in total. The van der Waals surface area contributed by atoms with Crippen molar-refractivity contribution in [1.29, 1.82) is 0 Å². The van der Waals surface area contributed by atoms with Gasteiger partial charge < -0.3 is 14.6 Å². The second-order valence-electron chi connectivity index (χ2n) is 4.43. The van der Waals surface area contributed by atoms with Gasteiger partial charge in [0, 0.05) is 0 Å². The monoisotopic (exact) mass is 300 g/mol. The fourth-order valence-electron chi connectivity index (χ4n) is 1.37. The maximum atomic E-state index is 9.63. The highest BCUT2D eigenvalue weighted by Crippen LogP contribution is 2.11. The molecule has 3 nitrogen and oxygen atoms in total. The number of unbranched alkanes of at least 4 members (excludes halogenated alkanes) is 2. The van der Waals surface area contributed by atoms with E-state index in [4.69, 9.17) is 32.7 Å². The zero-order valence-corrected chi connectivity index (χ0v) is 12.9. The highest BCUT2D eigenvalue weighted by atomic mass is 35.5. The van der Waals surface area contributed by atoms with E-state index in [1.807, 2.05) is 0 Å². The molecule has 2 unspecified atom stereocenters. The lowest BCUT2D eigenvalue weighted by Crippen LogP contribution is -2.25. The van der Waals surface area contributed by atoms with Crippen LogP contribution in [0.25, 0.3) is 0 Å². The molecule has 0 bridgehead atoms. The molecule has 0 aromatic carbocycles. The average Bonchev–Trinajstić information content (AvgIpc) is 2.37. The molecular weight excluding hydrogens is 275 g/mol. The Hall–Kier alpha value is 0.460. The van der Waals surface area contributed by atoms with Crippen molar-refractivity contribution in [2.24, 2.45) is 0 Å². The number of hydrogen-bond acceptors (Lipinski definition) is 3. The summed E-state index contributed by atoms with van der Waals surface area (Å²) in [5.74, 6) is 0. The molecular formula is C13H26Cl2O3. The third kappa shape index (κ3) is 11.5. The Bertz CT molecular complexity index is 164. The summed E-state index contributed by atoms with van der Waals surface area (Å²) in [6.45, 7) is 4.58. The van der Waals surface area contributed by atoms with Crippen LogP contribution in [0.3, 0.4) is 0 Å². The fourth-order valence-corrected chi connectivity index (χ4v) is 1.83. The number of halogens is 2. The molecule has 0 fully saturated rings. The molecule has 5 heteroatoms. The van der Waals surface area contributed by atoms with E-state index in [-0.39, 0.29) is 24.3 Å². The number of ether oxygens (including phenoxy) is 2. The molecule has 0 saturated heterocycles. The Balaban J connectivity index is 3.49. The largest absolute Gasteiger partial charge is 0.388 e. The maximum absolute atomic E-state index is 9.63. The zero-order valence-electron chi connectivity index (χ0n) is 11.4. The molecule has 0 aromatic rings. The van der Waals surface area contributed by atoms with Crippen LogP contribution in [0.4, 0.5) is 0 Å². The Morgan fingerprint density at radius 2 is 1.28 bits per heavy atom.